The molecule has 0 spiro atoms. The topological polar surface area (TPSA) is 143 Å². The summed E-state index contributed by atoms with van der Waals surface area (Å²) in [5.74, 6) is -0.589. The number of carbonyl (C=O) groups is 3. The zero-order valence-electron chi connectivity index (χ0n) is 25.8. The average molecular weight is 664 g/mol. The molecule has 0 aliphatic carbocycles. The fourth-order valence-corrected chi connectivity index (χ4v) is 4.69. The van der Waals surface area contributed by atoms with Crippen LogP contribution in [0.15, 0.2) is 47.1 Å². The van der Waals surface area contributed by atoms with Crippen LogP contribution in [0.3, 0.4) is 0 Å². The van der Waals surface area contributed by atoms with E-state index >= 15 is 0 Å². The number of hydrogen-bond acceptors (Lipinski definition) is 8. The molecule has 10 nitrogen and oxygen atoms in total. The SMILES string of the molecule is COc1ccc(C#N)cc1/C=C(\C#N)c1cn(C(=O)CCC(NC(=O)OC(C)(C)C)C(=O)OC(C)(C)C)c2ccc(Br)cc12. The van der Waals surface area contributed by atoms with Gasteiger partial charge in [0.05, 0.1) is 35.9 Å². The number of allylic oxidation sites excluding steroid dienone is 1. The van der Waals surface area contributed by atoms with E-state index in [0.29, 0.717) is 33.3 Å². The maximum atomic E-state index is 13.6. The van der Waals surface area contributed by atoms with Crippen LogP contribution >= 0.6 is 15.9 Å². The molecular formula is C33H35BrN4O6. The van der Waals surface area contributed by atoms with E-state index in [1.54, 1.807) is 90.2 Å². The molecule has 3 aromatic rings. The molecule has 1 aromatic heterocycles. The van der Waals surface area contributed by atoms with Crippen LogP contribution in [0.25, 0.3) is 22.6 Å². The van der Waals surface area contributed by atoms with Crippen LogP contribution in [-0.4, -0.2) is 46.9 Å². The Balaban J connectivity index is 2.00. The number of rotatable bonds is 8. The third-order valence-electron chi connectivity index (χ3n) is 6.13. The molecule has 11 heteroatoms. The first-order valence-corrected chi connectivity index (χ1v) is 14.6. The van der Waals surface area contributed by atoms with E-state index in [-0.39, 0.29) is 24.3 Å². The summed E-state index contributed by atoms with van der Waals surface area (Å²) < 4.78 is 18.4. The number of amides is 1. The Morgan fingerprint density at radius 1 is 1.02 bits per heavy atom. The van der Waals surface area contributed by atoms with Gasteiger partial charge >= 0.3 is 12.1 Å². The lowest BCUT2D eigenvalue weighted by atomic mass is 10.0. The van der Waals surface area contributed by atoms with Crippen molar-refractivity contribution in [2.75, 3.05) is 7.11 Å². The van der Waals surface area contributed by atoms with Crippen molar-refractivity contribution >= 4 is 56.5 Å². The lowest BCUT2D eigenvalue weighted by molar-refractivity contribution is -0.157. The summed E-state index contributed by atoms with van der Waals surface area (Å²) in [5.41, 5.74) is 0.583. The molecule has 0 aliphatic rings. The third kappa shape index (κ3) is 8.95. The molecule has 1 unspecified atom stereocenters. The summed E-state index contributed by atoms with van der Waals surface area (Å²) >= 11 is 3.47. The number of methoxy groups -OCH3 is 1. The Morgan fingerprint density at radius 3 is 2.30 bits per heavy atom. The predicted octanol–water partition coefficient (Wildman–Crippen LogP) is 7.00. The molecule has 0 bridgehead atoms. The van der Waals surface area contributed by atoms with Crippen LogP contribution in [-0.2, 0) is 14.3 Å². The lowest BCUT2D eigenvalue weighted by Crippen LogP contribution is -2.46. The van der Waals surface area contributed by atoms with Crippen LogP contribution < -0.4 is 10.1 Å². The highest BCUT2D eigenvalue weighted by Gasteiger charge is 2.30. The van der Waals surface area contributed by atoms with Crippen molar-refractivity contribution in [1.82, 2.24) is 9.88 Å². The fraction of sp³-hybridized carbons (Fsp3) is 0.364. The highest BCUT2D eigenvalue weighted by molar-refractivity contribution is 9.10. The molecule has 0 saturated carbocycles. The van der Waals surface area contributed by atoms with E-state index in [9.17, 15) is 24.9 Å². The highest BCUT2D eigenvalue weighted by atomic mass is 79.9. The van der Waals surface area contributed by atoms with Crippen molar-refractivity contribution in [2.24, 2.45) is 0 Å². The molecule has 1 heterocycles. The standard InChI is InChI=1S/C33H35BrN4O6/c1-32(2,3)43-30(40)26(37-31(41)44-33(4,5)6)10-13-29(39)38-19-25(24-16-23(34)9-11-27(24)38)22(18-36)15-21-14-20(17-35)8-12-28(21)42-7/h8-9,11-12,14-16,19,26H,10,13H2,1-7H3,(H,37,41)/b22-15+. The number of nitrogens with one attached hydrogen (secondary N) is 1. The maximum Gasteiger partial charge on any atom is 0.408 e. The molecular weight excluding hydrogens is 628 g/mol. The van der Waals surface area contributed by atoms with Gasteiger partial charge < -0.3 is 19.5 Å². The van der Waals surface area contributed by atoms with Gasteiger partial charge in [-0.1, -0.05) is 15.9 Å². The highest BCUT2D eigenvalue weighted by Crippen LogP contribution is 2.33. The Labute approximate surface area is 265 Å². The number of benzene rings is 2. The number of nitrogens with zero attached hydrogens (tertiary/aromatic N) is 3. The second kappa shape index (κ2) is 13.8. The minimum Gasteiger partial charge on any atom is -0.496 e. The van der Waals surface area contributed by atoms with Gasteiger partial charge in [-0.25, -0.2) is 9.59 Å². The molecule has 0 saturated heterocycles. The van der Waals surface area contributed by atoms with Gasteiger partial charge in [0, 0.05) is 33.6 Å². The van der Waals surface area contributed by atoms with Crippen molar-refractivity contribution in [3.8, 4) is 17.9 Å². The number of ether oxygens (including phenoxy) is 3. The minimum atomic E-state index is -1.14. The van der Waals surface area contributed by atoms with Gasteiger partial charge in [0.25, 0.3) is 0 Å². The molecule has 1 amide bonds. The van der Waals surface area contributed by atoms with E-state index in [0.717, 1.165) is 4.47 Å². The van der Waals surface area contributed by atoms with Crippen molar-refractivity contribution < 1.29 is 28.6 Å². The van der Waals surface area contributed by atoms with E-state index in [1.807, 2.05) is 0 Å². The van der Waals surface area contributed by atoms with Crippen LogP contribution in [0, 0.1) is 22.7 Å². The summed E-state index contributed by atoms with van der Waals surface area (Å²) in [6.07, 6.45) is 2.17. The van der Waals surface area contributed by atoms with E-state index in [2.05, 4.69) is 33.4 Å². The minimum absolute atomic E-state index is 0.0579. The second-order valence-corrected chi connectivity index (χ2v) is 12.9. The van der Waals surface area contributed by atoms with Gasteiger partial charge in [-0.2, -0.15) is 10.5 Å². The van der Waals surface area contributed by atoms with Gasteiger partial charge in [0.15, 0.2) is 0 Å². The molecule has 230 valence electrons. The lowest BCUT2D eigenvalue weighted by Gasteiger charge is -2.26. The van der Waals surface area contributed by atoms with Gasteiger partial charge in [-0.05, 0) is 90.4 Å². The number of nitriles is 2. The molecule has 44 heavy (non-hydrogen) atoms. The summed E-state index contributed by atoms with van der Waals surface area (Å²) in [4.78, 5) is 39.1. The first-order valence-electron chi connectivity index (χ1n) is 13.8. The largest absolute Gasteiger partial charge is 0.496 e. The van der Waals surface area contributed by atoms with Crippen molar-refractivity contribution in [2.45, 2.75) is 71.6 Å². The molecule has 0 aliphatic heterocycles. The number of fused-ring (bicyclic) bond motifs is 1. The van der Waals surface area contributed by atoms with Crippen LogP contribution in [0.5, 0.6) is 5.75 Å². The van der Waals surface area contributed by atoms with Crippen LogP contribution in [0.2, 0.25) is 0 Å². The number of hydrogen-bond donors (Lipinski definition) is 1. The Morgan fingerprint density at radius 2 is 1.70 bits per heavy atom. The monoisotopic (exact) mass is 662 g/mol. The van der Waals surface area contributed by atoms with Gasteiger partial charge in [0.1, 0.15) is 23.0 Å². The number of halogens is 1. The molecule has 0 radical (unpaired) electrons. The number of esters is 1. The van der Waals surface area contributed by atoms with Crippen molar-refractivity contribution in [3.63, 3.8) is 0 Å². The Hall–Kier alpha value is -4.61. The van der Waals surface area contributed by atoms with Gasteiger partial charge in [-0.3, -0.25) is 9.36 Å². The van der Waals surface area contributed by atoms with Crippen molar-refractivity contribution in [3.05, 3.63) is 63.8 Å². The Kier molecular flexibility index (Phi) is 10.6. The van der Waals surface area contributed by atoms with Crippen LogP contribution in [0.1, 0.15) is 75.9 Å². The first kappa shape index (κ1) is 33.9. The van der Waals surface area contributed by atoms with Gasteiger partial charge in [0.2, 0.25) is 5.91 Å². The number of aromatic nitrogens is 1. The third-order valence-corrected chi connectivity index (χ3v) is 6.63. The van der Waals surface area contributed by atoms with E-state index in [1.165, 1.54) is 11.7 Å². The molecule has 1 atom stereocenters. The predicted molar refractivity (Wildman–Crippen MR) is 170 cm³/mol. The molecule has 0 fully saturated rings. The molecule has 3 rings (SSSR count). The summed E-state index contributed by atoms with van der Waals surface area (Å²) in [6, 6.07) is 13.4. The normalized spacial score (nSPS) is 12.5. The first-order chi connectivity index (χ1) is 20.5. The van der Waals surface area contributed by atoms with Crippen molar-refractivity contribution in [1.29, 1.82) is 10.5 Å². The summed E-state index contributed by atoms with van der Waals surface area (Å²) in [5, 5.41) is 22.7. The number of carbonyl (C=O) groups excluding carboxylic acids is 3. The zero-order chi connectivity index (χ0) is 32.8. The quantitative estimate of drug-likeness (QED) is 0.200. The summed E-state index contributed by atoms with van der Waals surface area (Å²) in [6.45, 7) is 10.2. The Bertz CT molecular complexity index is 1700. The molecule has 2 aromatic carbocycles. The zero-order valence-corrected chi connectivity index (χ0v) is 27.4. The van der Waals surface area contributed by atoms with Gasteiger partial charge in [-0.15, -0.1) is 0 Å². The fourth-order valence-electron chi connectivity index (χ4n) is 4.33. The maximum absolute atomic E-state index is 13.6. The van der Waals surface area contributed by atoms with E-state index < -0.39 is 29.3 Å². The van der Waals surface area contributed by atoms with Crippen LogP contribution in [0.4, 0.5) is 4.79 Å². The second-order valence-electron chi connectivity index (χ2n) is 12.0. The van der Waals surface area contributed by atoms with E-state index in [4.69, 9.17) is 14.2 Å². The average Bonchev–Trinajstić information content (AvgIpc) is 3.30. The number of alkyl carbamates (subject to hydrolysis) is 1. The smallest absolute Gasteiger partial charge is 0.408 e. The summed E-state index contributed by atoms with van der Waals surface area (Å²) in [7, 11) is 1.49. The molecule has 1 N–H and O–H groups in total.